The summed E-state index contributed by atoms with van der Waals surface area (Å²) in [6.07, 6.45) is 0.652. The van der Waals surface area contributed by atoms with Crippen molar-refractivity contribution in [2.75, 3.05) is 26.3 Å². The van der Waals surface area contributed by atoms with E-state index in [2.05, 4.69) is 11.8 Å². The SMILES string of the molecule is C[C@@H]1CN(CCCF)C[C@H]1N. The van der Waals surface area contributed by atoms with Gasteiger partial charge >= 0.3 is 0 Å². The van der Waals surface area contributed by atoms with Crippen molar-refractivity contribution in [3.8, 4) is 0 Å². The molecule has 0 aromatic carbocycles. The topological polar surface area (TPSA) is 29.3 Å². The molecule has 0 radical (unpaired) electrons. The summed E-state index contributed by atoms with van der Waals surface area (Å²) in [7, 11) is 0. The average Bonchev–Trinajstić information content (AvgIpc) is 2.28. The molecule has 2 N–H and O–H groups in total. The monoisotopic (exact) mass is 160 g/mol. The van der Waals surface area contributed by atoms with Crippen LogP contribution in [0.15, 0.2) is 0 Å². The van der Waals surface area contributed by atoms with Crippen molar-refractivity contribution in [1.29, 1.82) is 0 Å². The second kappa shape index (κ2) is 4.02. The van der Waals surface area contributed by atoms with Crippen LogP contribution in [-0.2, 0) is 0 Å². The number of hydrogen-bond acceptors (Lipinski definition) is 2. The Morgan fingerprint density at radius 3 is 2.73 bits per heavy atom. The molecule has 0 saturated carbocycles. The molecule has 66 valence electrons. The molecular formula is C8H17FN2. The number of alkyl halides is 1. The van der Waals surface area contributed by atoms with Gasteiger partial charge in [-0.05, 0) is 12.3 Å². The fraction of sp³-hybridized carbons (Fsp3) is 1.00. The van der Waals surface area contributed by atoms with Crippen molar-refractivity contribution in [3.05, 3.63) is 0 Å². The molecular weight excluding hydrogens is 143 g/mol. The van der Waals surface area contributed by atoms with Crippen molar-refractivity contribution < 1.29 is 4.39 Å². The third-order valence-corrected chi connectivity index (χ3v) is 2.35. The normalized spacial score (nSPS) is 33.0. The van der Waals surface area contributed by atoms with E-state index < -0.39 is 0 Å². The van der Waals surface area contributed by atoms with E-state index in [1.807, 2.05) is 0 Å². The lowest BCUT2D eigenvalue weighted by Crippen LogP contribution is -2.29. The Hall–Kier alpha value is -0.150. The minimum Gasteiger partial charge on any atom is -0.326 e. The molecule has 0 aromatic heterocycles. The first-order valence-electron chi connectivity index (χ1n) is 4.28. The quantitative estimate of drug-likeness (QED) is 0.656. The Morgan fingerprint density at radius 1 is 1.55 bits per heavy atom. The van der Waals surface area contributed by atoms with Crippen LogP contribution < -0.4 is 5.73 Å². The molecule has 2 nitrogen and oxygen atoms in total. The molecule has 1 aliphatic heterocycles. The Bertz CT molecular complexity index is 109. The largest absolute Gasteiger partial charge is 0.326 e. The molecule has 0 aliphatic carbocycles. The number of hydrogen-bond donors (Lipinski definition) is 1. The van der Waals surface area contributed by atoms with Crippen LogP contribution in [0.25, 0.3) is 0 Å². The highest BCUT2D eigenvalue weighted by Gasteiger charge is 2.25. The van der Waals surface area contributed by atoms with Gasteiger partial charge in [-0.3, -0.25) is 4.39 Å². The molecule has 2 atom stereocenters. The average molecular weight is 160 g/mol. The van der Waals surface area contributed by atoms with E-state index >= 15 is 0 Å². The third kappa shape index (κ3) is 2.42. The second-order valence-corrected chi connectivity index (χ2v) is 3.44. The first kappa shape index (κ1) is 8.94. The highest BCUT2D eigenvalue weighted by atomic mass is 19.1. The van der Waals surface area contributed by atoms with Gasteiger partial charge in [0, 0.05) is 25.7 Å². The van der Waals surface area contributed by atoms with Crippen LogP contribution in [0.5, 0.6) is 0 Å². The van der Waals surface area contributed by atoms with E-state index in [9.17, 15) is 4.39 Å². The van der Waals surface area contributed by atoms with Crippen molar-refractivity contribution in [1.82, 2.24) is 4.90 Å². The number of nitrogens with two attached hydrogens (primary N) is 1. The fourth-order valence-corrected chi connectivity index (χ4v) is 1.56. The molecule has 1 aliphatic rings. The maximum Gasteiger partial charge on any atom is 0.0906 e. The molecule has 1 saturated heterocycles. The Labute approximate surface area is 67.6 Å². The van der Waals surface area contributed by atoms with Gasteiger partial charge in [0.15, 0.2) is 0 Å². The van der Waals surface area contributed by atoms with Gasteiger partial charge in [-0.2, -0.15) is 0 Å². The number of halogens is 1. The summed E-state index contributed by atoms with van der Waals surface area (Å²) in [5, 5.41) is 0. The Balaban J connectivity index is 2.18. The second-order valence-electron chi connectivity index (χ2n) is 3.44. The standard InChI is InChI=1S/C8H17FN2/c1-7-5-11(4-2-3-9)6-8(7)10/h7-8H,2-6,10H2,1H3/t7-,8-/m1/s1. The lowest BCUT2D eigenvalue weighted by atomic mass is 10.1. The van der Waals surface area contributed by atoms with E-state index in [4.69, 9.17) is 5.73 Å². The lowest BCUT2D eigenvalue weighted by Gasteiger charge is -2.12. The lowest BCUT2D eigenvalue weighted by molar-refractivity contribution is 0.303. The highest BCUT2D eigenvalue weighted by molar-refractivity contribution is 4.83. The molecule has 0 unspecified atom stereocenters. The predicted molar refractivity (Wildman–Crippen MR) is 44.2 cm³/mol. The minimum absolute atomic E-state index is 0.208. The van der Waals surface area contributed by atoms with Crippen LogP contribution in [0.4, 0.5) is 4.39 Å². The smallest absolute Gasteiger partial charge is 0.0906 e. The van der Waals surface area contributed by atoms with Crippen LogP contribution in [0, 0.1) is 5.92 Å². The van der Waals surface area contributed by atoms with Gasteiger partial charge in [0.25, 0.3) is 0 Å². The molecule has 1 heterocycles. The van der Waals surface area contributed by atoms with Crippen LogP contribution in [0.2, 0.25) is 0 Å². The predicted octanol–water partition coefficient (Wildman–Crippen LogP) is 0.625. The molecule has 11 heavy (non-hydrogen) atoms. The van der Waals surface area contributed by atoms with E-state index in [0.717, 1.165) is 19.6 Å². The summed E-state index contributed by atoms with van der Waals surface area (Å²) < 4.78 is 11.8. The highest BCUT2D eigenvalue weighted by Crippen LogP contribution is 2.13. The molecule has 3 heteroatoms. The first-order chi connectivity index (χ1) is 5.24. The summed E-state index contributed by atoms with van der Waals surface area (Å²) in [6.45, 7) is 4.80. The zero-order valence-corrected chi connectivity index (χ0v) is 7.09. The van der Waals surface area contributed by atoms with Gasteiger partial charge in [-0.1, -0.05) is 6.92 Å². The maximum atomic E-state index is 11.8. The number of likely N-dealkylation sites (tertiary alicyclic amines) is 1. The maximum absolute atomic E-state index is 11.8. The van der Waals surface area contributed by atoms with Gasteiger partial charge in [0.2, 0.25) is 0 Å². The number of rotatable bonds is 3. The fourth-order valence-electron chi connectivity index (χ4n) is 1.56. The first-order valence-corrected chi connectivity index (χ1v) is 4.28. The summed E-state index contributed by atoms with van der Waals surface area (Å²) in [6, 6.07) is 0.301. The zero-order chi connectivity index (χ0) is 8.27. The van der Waals surface area contributed by atoms with Crippen molar-refractivity contribution in [2.24, 2.45) is 11.7 Å². The van der Waals surface area contributed by atoms with Crippen molar-refractivity contribution in [3.63, 3.8) is 0 Å². The van der Waals surface area contributed by atoms with Gasteiger partial charge < -0.3 is 10.6 Å². The van der Waals surface area contributed by atoms with Crippen molar-refractivity contribution in [2.45, 2.75) is 19.4 Å². The molecule has 0 bridgehead atoms. The minimum atomic E-state index is -0.208. The van der Waals surface area contributed by atoms with Gasteiger partial charge in [0.05, 0.1) is 6.67 Å². The van der Waals surface area contributed by atoms with Crippen LogP contribution >= 0.6 is 0 Å². The Kier molecular flexibility index (Phi) is 3.27. The molecule has 0 spiro atoms. The van der Waals surface area contributed by atoms with Gasteiger partial charge in [0.1, 0.15) is 0 Å². The van der Waals surface area contributed by atoms with Gasteiger partial charge in [-0.15, -0.1) is 0 Å². The molecule has 0 aromatic rings. The van der Waals surface area contributed by atoms with Crippen molar-refractivity contribution >= 4 is 0 Å². The zero-order valence-electron chi connectivity index (χ0n) is 7.09. The summed E-state index contributed by atoms with van der Waals surface area (Å²) in [4.78, 5) is 2.24. The summed E-state index contributed by atoms with van der Waals surface area (Å²) in [5.41, 5.74) is 5.80. The van der Waals surface area contributed by atoms with Crippen LogP contribution in [0.3, 0.4) is 0 Å². The summed E-state index contributed by atoms with van der Waals surface area (Å²) in [5.74, 6) is 0.578. The summed E-state index contributed by atoms with van der Waals surface area (Å²) >= 11 is 0. The van der Waals surface area contributed by atoms with E-state index in [1.54, 1.807) is 0 Å². The Morgan fingerprint density at radius 2 is 2.27 bits per heavy atom. The van der Waals surface area contributed by atoms with E-state index in [0.29, 0.717) is 18.4 Å². The van der Waals surface area contributed by atoms with E-state index in [-0.39, 0.29) is 6.67 Å². The third-order valence-electron chi connectivity index (χ3n) is 2.35. The van der Waals surface area contributed by atoms with E-state index in [1.165, 1.54) is 0 Å². The van der Waals surface area contributed by atoms with Crippen LogP contribution in [0.1, 0.15) is 13.3 Å². The number of nitrogens with zero attached hydrogens (tertiary/aromatic N) is 1. The molecule has 1 rings (SSSR count). The molecule has 1 fully saturated rings. The van der Waals surface area contributed by atoms with Gasteiger partial charge in [-0.25, -0.2) is 0 Å². The molecule has 0 amide bonds. The van der Waals surface area contributed by atoms with Crippen LogP contribution in [-0.4, -0.2) is 37.3 Å².